The predicted molar refractivity (Wildman–Crippen MR) is 84.7 cm³/mol. The zero-order chi connectivity index (χ0) is 15.6. The highest BCUT2D eigenvalue weighted by Gasteiger charge is 2.27. The third-order valence-corrected chi connectivity index (χ3v) is 4.49. The minimum Gasteiger partial charge on any atom is -0.481 e. The van der Waals surface area contributed by atoms with E-state index in [1.165, 1.54) is 11.8 Å². The lowest BCUT2D eigenvalue weighted by Gasteiger charge is -2.37. The second-order valence-corrected chi connectivity index (χ2v) is 7.37. The maximum Gasteiger partial charge on any atom is 0.313 e. The number of aromatic nitrogens is 2. The van der Waals surface area contributed by atoms with Crippen LogP contribution in [0.3, 0.4) is 0 Å². The number of piperazine rings is 1. The highest BCUT2D eigenvalue weighted by Crippen LogP contribution is 2.28. The van der Waals surface area contributed by atoms with E-state index in [0.29, 0.717) is 0 Å². The first-order chi connectivity index (χ1) is 9.79. The molecular weight excluding hydrogens is 288 g/mol. The van der Waals surface area contributed by atoms with Crippen LogP contribution in [0.15, 0.2) is 11.4 Å². The Morgan fingerprint density at radius 3 is 2.48 bits per heavy atom. The summed E-state index contributed by atoms with van der Waals surface area (Å²) in [5.41, 5.74) is 1.10. The van der Waals surface area contributed by atoms with E-state index < -0.39 is 5.97 Å². The summed E-state index contributed by atoms with van der Waals surface area (Å²) < 4.78 is 2.13. The Bertz CT molecular complexity index is 502. The molecule has 0 radical (unpaired) electrons. The van der Waals surface area contributed by atoms with Gasteiger partial charge in [0.2, 0.25) is 0 Å². The molecule has 1 aliphatic heterocycles. The number of likely N-dealkylation sites (N-methyl/N-ethyl adjacent to an activating group) is 1. The Morgan fingerprint density at radius 1 is 1.33 bits per heavy atom. The molecule has 6 nitrogen and oxygen atoms in total. The SMILES string of the molecule is CN1CCN(n2c(C(C)(C)C)cnc2SCC(=O)O)CC1. The molecule has 1 aliphatic rings. The van der Waals surface area contributed by atoms with E-state index in [1.54, 1.807) is 0 Å². The smallest absolute Gasteiger partial charge is 0.313 e. The molecule has 0 unspecified atom stereocenters. The minimum atomic E-state index is -0.815. The fourth-order valence-corrected chi connectivity index (χ4v) is 3.05. The molecule has 1 fully saturated rings. The maximum atomic E-state index is 10.8. The number of carboxylic acid groups (broad SMARTS) is 1. The van der Waals surface area contributed by atoms with Crippen molar-refractivity contribution < 1.29 is 9.90 Å². The first kappa shape index (κ1) is 16.2. The molecule has 2 heterocycles. The molecule has 0 atom stereocenters. The number of aliphatic carboxylic acids is 1. The van der Waals surface area contributed by atoms with E-state index in [4.69, 9.17) is 5.11 Å². The van der Waals surface area contributed by atoms with Crippen LogP contribution in [0.5, 0.6) is 0 Å². The first-order valence-corrected chi connectivity index (χ1v) is 8.14. The lowest BCUT2D eigenvalue weighted by molar-refractivity contribution is -0.133. The molecule has 118 valence electrons. The Balaban J connectivity index is 2.29. The number of carbonyl (C=O) groups is 1. The monoisotopic (exact) mass is 312 g/mol. The molecule has 1 aromatic rings. The van der Waals surface area contributed by atoms with Gasteiger partial charge in [-0.25, -0.2) is 9.66 Å². The van der Waals surface area contributed by atoms with Gasteiger partial charge in [-0.2, -0.15) is 0 Å². The summed E-state index contributed by atoms with van der Waals surface area (Å²) >= 11 is 1.28. The summed E-state index contributed by atoms with van der Waals surface area (Å²) in [5, 5.41) is 11.9. The molecule has 1 N–H and O–H groups in total. The molecule has 1 saturated heterocycles. The van der Waals surface area contributed by atoms with Gasteiger partial charge in [0.15, 0.2) is 5.16 Å². The molecule has 0 aromatic carbocycles. The summed E-state index contributed by atoms with van der Waals surface area (Å²) in [6.07, 6.45) is 1.88. The van der Waals surface area contributed by atoms with Crippen molar-refractivity contribution in [3.05, 3.63) is 11.9 Å². The fourth-order valence-electron chi connectivity index (χ4n) is 2.33. The topological polar surface area (TPSA) is 61.6 Å². The molecule has 21 heavy (non-hydrogen) atoms. The van der Waals surface area contributed by atoms with Crippen LogP contribution in [0.4, 0.5) is 0 Å². The maximum absolute atomic E-state index is 10.8. The van der Waals surface area contributed by atoms with E-state index in [0.717, 1.165) is 37.0 Å². The summed E-state index contributed by atoms with van der Waals surface area (Å²) in [5.74, 6) is -0.779. The van der Waals surface area contributed by atoms with Crippen LogP contribution in [0.1, 0.15) is 26.5 Å². The van der Waals surface area contributed by atoms with Crippen molar-refractivity contribution >= 4 is 17.7 Å². The van der Waals surface area contributed by atoms with Gasteiger partial charge in [-0.15, -0.1) is 0 Å². The summed E-state index contributed by atoms with van der Waals surface area (Å²) in [4.78, 5) is 17.6. The molecule has 7 heteroatoms. The van der Waals surface area contributed by atoms with Crippen molar-refractivity contribution in [1.82, 2.24) is 14.6 Å². The average Bonchev–Trinajstić information content (AvgIpc) is 2.81. The van der Waals surface area contributed by atoms with Crippen LogP contribution in [0.25, 0.3) is 0 Å². The number of hydrogen-bond acceptors (Lipinski definition) is 5. The molecule has 0 saturated carbocycles. The van der Waals surface area contributed by atoms with Gasteiger partial charge in [0.25, 0.3) is 0 Å². The van der Waals surface area contributed by atoms with Gasteiger partial charge >= 0.3 is 5.97 Å². The second-order valence-electron chi connectivity index (χ2n) is 6.43. The predicted octanol–water partition coefficient (Wildman–Crippen LogP) is 1.24. The first-order valence-electron chi connectivity index (χ1n) is 7.15. The van der Waals surface area contributed by atoms with Crippen LogP contribution >= 0.6 is 11.8 Å². The lowest BCUT2D eigenvalue weighted by Crippen LogP contribution is -2.51. The summed E-state index contributed by atoms with van der Waals surface area (Å²) in [6.45, 7) is 10.3. The van der Waals surface area contributed by atoms with Gasteiger partial charge in [-0.05, 0) is 7.05 Å². The largest absolute Gasteiger partial charge is 0.481 e. The van der Waals surface area contributed by atoms with E-state index in [-0.39, 0.29) is 11.2 Å². The van der Waals surface area contributed by atoms with E-state index in [9.17, 15) is 4.79 Å². The Kier molecular flexibility index (Phi) is 4.83. The van der Waals surface area contributed by atoms with Gasteiger partial charge in [-0.1, -0.05) is 32.5 Å². The molecular formula is C14H24N4O2S. The third kappa shape index (κ3) is 3.91. The van der Waals surface area contributed by atoms with Crippen molar-refractivity contribution in [2.75, 3.05) is 44.0 Å². The zero-order valence-corrected chi connectivity index (χ0v) is 14.0. The molecule has 0 spiro atoms. The lowest BCUT2D eigenvalue weighted by atomic mass is 9.93. The molecule has 1 aromatic heterocycles. The number of imidazole rings is 1. The van der Waals surface area contributed by atoms with Gasteiger partial charge < -0.3 is 15.0 Å². The second kappa shape index (κ2) is 6.27. The van der Waals surface area contributed by atoms with Crippen molar-refractivity contribution in [3.8, 4) is 0 Å². The van der Waals surface area contributed by atoms with Crippen LogP contribution in [-0.2, 0) is 10.2 Å². The van der Waals surface area contributed by atoms with Crippen molar-refractivity contribution in [3.63, 3.8) is 0 Å². The number of rotatable bonds is 4. The van der Waals surface area contributed by atoms with Crippen LogP contribution in [-0.4, -0.2) is 64.6 Å². The summed E-state index contributed by atoms with van der Waals surface area (Å²) in [6, 6.07) is 0. The summed E-state index contributed by atoms with van der Waals surface area (Å²) in [7, 11) is 2.12. The third-order valence-electron chi connectivity index (χ3n) is 3.56. The Morgan fingerprint density at radius 2 is 1.95 bits per heavy atom. The van der Waals surface area contributed by atoms with Crippen molar-refractivity contribution in [1.29, 1.82) is 0 Å². The van der Waals surface area contributed by atoms with E-state index >= 15 is 0 Å². The zero-order valence-electron chi connectivity index (χ0n) is 13.2. The van der Waals surface area contributed by atoms with Gasteiger partial charge in [0.05, 0.1) is 17.6 Å². The van der Waals surface area contributed by atoms with E-state index in [1.807, 2.05) is 6.20 Å². The fraction of sp³-hybridized carbons (Fsp3) is 0.714. The molecule has 0 amide bonds. The van der Waals surface area contributed by atoms with Crippen LogP contribution in [0, 0.1) is 0 Å². The van der Waals surface area contributed by atoms with Gasteiger partial charge in [0.1, 0.15) is 0 Å². The molecule has 0 aliphatic carbocycles. The number of nitrogens with zero attached hydrogens (tertiary/aromatic N) is 4. The Hall–Kier alpha value is -1.21. The molecule has 0 bridgehead atoms. The highest BCUT2D eigenvalue weighted by atomic mass is 32.2. The number of thioether (sulfide) groups is 1. The van der Waals surface area contributed by atoms with Crippen LogP contribution in [0.2, 0.25) is 0 Å². The average molecular weight is 312 g/mol. The minimum absolute atomic E-state index is 0.0294. The Labute approximate surface area is 130 Å². The van der Waals surface area contributed by atoms with Gasteiger partial charge in [0, 0.05) is 31.6 Å². The molecule has 2 rings (SSSR count). The highest BCUT2D eigenvalue weighted by molar-refractivity contribution is 7.99. The van der Waals surface area contributed by atoms with Crippen molar-refractivity contribution in [2.24, 2.45) is 0 Å². The standard InChI is InChI=1S/C14H24N4O2S/c1-14(2,3)11-9-15-13(21-10-12(19)20)18(11)17-7-5-16(4)6-8-17/h9H,5-8,10H2,1-4H3,(H,19,20). The van der Waals surface area contributed by atoms with Crippen LogP contribution < -0.4 is 5.01 Å². The number of hydrogen-bond donors (Lipinski definition) is 1. The quantitative estimate of drug-likeness (QED) is 0.844. The number of carboxylic acids is 1. The van der Waals surface area contributed by atoms with Gasteiger partial charge in [-0.3, -0.25) is 4.79 Å². The normalized spacial score (nSPS) is 17.2. The van der Waals surface area contributed by atoms with E-state index in [2.05, 4.69) is 47.4 Å². The van der Waals surface area contributed by atoms with Crippen molar-refractivity contribution in [2.45, 2.75) is 31.3 Å².